The largest absolute Gasteiger partial charge is 0.355 e. The lowest BCUT2D eigenvalue weighted by atomic mass is 10.2. The average molecular weight is 199 g/mol. The van der Waals surface area contributed by atoms with Gasteiger partial charge in [-0.1, -0.05) is 39.2 Å². The second kappa shape index (κ2) is 9.13. The molecule has 1 amide bonds. The summed E-state index contributed by atoms with van der Waals surface area (Å²) < 4.78 is 0. The molecule has 0 heterocycles. The van der Waals surface area contributed by atoms with Crippen molar-refractivity contribution in [1.29, 1.82) is 0 Å². The molecule has 0 saturated carbocycles. The normalized spacial score (nSPS) is 10.2. The summed E-state index contributed by atoms with van der Waals surface area (Å²) in [6.45, 7) is 11.0. The van der Waals surface area contributed by atoms with Crippen molar-refractivity contribution >= 4 is 18.5 Å². The van der Waals surface area contributed by atoms with Crippen LogP contribution >= 0.6 is 12.6 Å². The van der Waals surface area contributed by atoms with Crippen LogP contribution in [0.4, 0.5) is 0 Å². The van der Waals surface area contributed by atoms with E-state index >= 15 is 0 Å². The Hall–Kier alpha value is -0.960. The zero-order valence-electron chi connectivity index (χ0n) is 8.42. The van der Waals surface area contributed by atoms with Crippen molar-refractivity contribution in [2.45, 2.75) is 13.8 Å². The van der Waals surface area contributed by atoms with Gasteiger partial charge in [-0.2, -0.15) is 0 Å². The second-order valence-corrected chi connectivity index (χ2v) is 2.27. The van der Waals surface area contributed by atoms with Gasteiger partial charge in [-0.25, -0.2) is 0 Å². The first-order valence-corrected chi connectivity index (χ1v) is 4.52. The highest BCUT2D eigenvalue weighted by molar-refractivity contribution is 7.84. The molecule has 0 aliphatic carbocycles. The van der Waals surface area contributed by atoms with Crippen LogP contribution in [0.25, 0.3) is 0 Å². The zero-order chi connectivity index (χ0) is 10.9. The van der Waals surface area contributed by atoms with Crippen LogP contribution in [-0.4, -0.2) is 13.0 Å². The van der Waals surface area contributed by atoms with E-state index < -0.39 is 0 Å². The molecule has 0 aromatic heterocycles. The molecule has 0 aromatic rings. The SMILES string of the molecule is C=C/C(S)=C(\C=C)C(=O)NC.CC. The summed E-state index contributed by atoms with van der Waals surface area (Å²) in [6.07, 6.45) is 2.94. The summed E-state index contributed by atoms with van der Waals surface area (Å²) in [4.78, 5) is 11.5. The summed E-state index contributed by atoms with van der Waals surface area (Å²) in [5, 5.41) is 2.47. The van der Waals surface area contributed by atoms with E-state index in [2.05, 4.69) is 31.1 Å². The third kappa shape index (κ3) is 5.31. The fourth-order valence-electron chi connectivity index (χ4n) is 0.558. The molecule has 0 fully saturated rings. The number of thiol groups is 1. The first-order valence-electron chi connectivity index (χ1n) is 4.07. The molecule has 0 bridgehead atoms. The van der Waals surface area contributed by atoms with Crippen molar-refractivity contribution in [3.8, 4) is 0 Å². The average Bonchev–Trinajstić information content (AvgIpc) is 2.21. The van der Waals surface area contributed by atoms with Crippen LogP contribution in [-0.2, 0) is 4.79 Å². The molecule has 74 valence electrons. The summed E-state index contributed by atoms with van der Waals surface area (Å²) in [6, 6.07) is 0. The van der Waals surface area contributed by atoms with Crippen LogP contribution in [0.15, 0.2) is 35.8 Å². The Morgan fingerprint density at radius 2 is 1.77 bits per heavy atom. The third-order valence-corrected chi connectivity index (χ3v) is 1.57. The van der Waals surface area contributed by atoms with E-state index in [0.29, 0.717) is 10.5 Å². The predicted octanol–water partition coefficient (Wildman–Crippen LogP) is 2.31. The number of allylic oxidation sites excluding steroid dienone is 1. The van der Waals surface area contributed by atoms with Crippen molar-refractivity contribution < 1.29 is 4.79 Å². The molecule has 0 spiro atoms. The molecule has 0 atom stereocenters. The van der Waals surface area contributed by atoms with Gasteiger partial charge in [0.25, 0.3) is 5.91 Å². The fourth-order valence-corrected chi connectivity index (χ4v) is 0.751. The second-order valence-electron chi connectivity index (χ2n) is 1.79. The van der Waals surface area contributed by atoms with Crippen LogP contribution in [0.3, 0.4) is 0 Å². The lowest BCUT2D eigenvalue weighted by molar-refractivity contribution is -0.116. The topological polar surface area (TPSA) is 29.1 Å². The molecule has 13 heavy (non-hydrogen) atoms. The molecule has 3 heteroatoms. The van der Waals surface area contributed by atoms with Gasteiger partial charge in [0, 0.05) is 12.0 Å². The number of hydrogen-bond acceptors (Lipinski definition) is 2. The van der Waals surface area contributed by atoms with Crippen molar-refractivity contribution in [1.82, 2.24) is 5.32 Å². The number of rotatable bonds is 3. The van der Waals surface area contributed by atoms with Gasteiger partial charge in [0.2, 0.25) is 0 Å². The first-order chi connectivity index (χ1) is 6.17. The quantitative estimate of drug-likeness (QED) is 0.408. The van der Waals surface area contributed by atoms with Gasteiger partial charge >= 0.3 is 0 Å². The third-order valence-electron chi connectivity index (χ3n) is 1.15. The maximum atomic E-state index is 11.0. The van der Waals surface area contributed by atoms with Crippen molar-refractivity contribution in [2.24, 2.45) is 0 Å². The van der Waals surface area contributed by atoms with Gasteiger partial charge < -0.3 is 5.32 Å². The zero-order valence-corrected chi connectivity index (χ0v) is 9.32. The van der Waals surface area contributed by atoms with Gasteiger partial charge in [-0.15, -0.1) is 12.6 Å². The Balaban J connectivity index is 0. The molecular weight excluding hydrogens is 182 g/mol. The smallest absolute Gasteiger partial charge is 0.252 e. The number of carbonyl (C=O) groups is 1. The van der Waals surface area contributed by atoms with Crippen LogP contribution in [0.2, 0.25) is 0 Å². The van der Waals surface area contributed by atoms with Crippen LogP contribution < -0.4 is 5.32 Å². The maximum Gasteiger partial charge on any atom is 0.252 e. The molecule has 0 rings (SSSR count). The van der Waals surface area contributed by atoms with Crippen molar-refractivity contribution in [2.75, 3.05) is 7.05 Å². The van der Waals surface area contributed by atoms with E-state index in [1.54, 1.807) is 7.05 Å². The van der Waals surface area contributed by atoms with E-state index in [0.717, 1.165) is 0 Å². The van der Waals surface area contributed by atoms with Crippen LogP contribution in [0.5, 0.6) is 0 Å². The van der Waals surface area contributed by atoms with Gasteiger partial charge in [0.05, 0.1) is 5.57 Å². The summed E-state index contributed by atoms with van der Waals surface area (Å²) in [7, 11) is 1.55. The van der Waals surface area contributed by atoms with Crippen LogP contribution in [0, 0.1) is 0 Å². The minimum absolute atomic E-state index is 0.204. The minimum atomic E-state index is -0.204. The number of nitrogens with one attached hydrogen (secondary N) is 1. The highest BCUT2D eigenvalue weighted by Gasteiger charge is 2.04. The Labute approximate surface area is 85.8 Å². The van der Waals surface area contributed by atoms with E-state index in [1.165, 1.54) is 12.2 Å². The predicted molar refractivity (Wildman–Crippen MR) is 61.8 cm³/mol. The molecule has 1 N–H and O–H groups in total. The van der Waals surface area contributed by atoms with Gasteiger partial charge in [-0.05, 0) is 0 Å². The standard InChI is InChI=1S/C8H11NOS.C2H6/c1-4-6(7(11)5-2)8(10)9-3;1-2/h4-5,11H,1-2H2,3H3,(H,9,10);1-2H3/b7-6-;. The molecule has 0 aromatic carbocycles. The van der Waals surface area contributed by atoms with E-state index in [-0.39, 0.29) is 5.91 Å². The Kier molecular flexibility index (Phi) is 10.2. The molecular formula is C10H17NOS. The summed E-state index contributed by atoms with van der Waals surface area (Å²) >= 11 is 4.03. The van der Waals surface area contributed by atoms with Crippen molar-refractivity contribution in [3.63, 3.8) is 0 Å². The van der Waals surface area contributed by atoms with E-state index in [4.69, 9.17) is 0 Å². The Morgan fingerprint density at radius 3 is 2.00 bits per heavy atom. The lowest BCUT2D eigenvalue weighted by Gasteiger charge is -2.00. The monoisotopic (exact) mass is 199 g/mol. The number of carbonyl (C=O) groups excluding carboxylic acids is 1. The molecule has 0 unspecified atom stereocenters. The van der Waals surface area contributed by atoms with Gasteiger partial charge in [-0.3, -0.25) is 4.79 Å². The van der Waals surface area contributed by atoms with Crippen molar-refractivity contribution in [3.05, 3.63) is 35.8 Å². The number of amides is 1. The maximum absolute atomic E-state index is 11.0. The lowest BCUT2D eigenvalue weighted by Crippen LogP contribution is -2.19. The highest BCUT2D eigenvalue weighted by Crippen LogP contribution is 2.10. The Bertz CT molecular complexity index is 219. The Morgan fingerprint density at radius 1 is 1.31 bits per heavy atom. The molecule has 2 nitrogen and oxygen atoms in total. The number of hydrogen-bond donors (Lipinski definition) is 2. The molecule has 0 saturated heterocycles. The molecule has 0 aliphatic heterocycles. The van der Waals surface area contributed by atoms with E-state index in [9.17, 15) is 4.79 Å². The van der Waals surface area contributed by atoms with Crippen LogP contribution in [0.1, 0.15) is 13.8 Å². The number of likely N-dealkylation sites (N-methyl/N-ethyl adjacent to an activating group) is 1. The van der Waals surface area contributed by atoms with Gasteiger partial charge in [0.15, 0.2) is 0 Å². The highest BCUT2D eigenvalue weighted by atomic mass is 32.1. The van der Waals surface area contributed by atoms with Gasteiger partial charge in [0.1, 0.15) is 0 Å². The summed E-state index contributed by atoms with van der Waals surface area (Å²) in [5.74, 6) is -0.204. The first kappa shape index (κ1) is 14.6. The van der Waals surface area contributed by atoms with E-state index in [1.807, 2.05) is 13.8 Å². The molecule has 0 aliphatic rings. The minimum Gasteiger partial charge on any atom is -0.355 e. The fraction of sp³-hybridized carbons (Fsp3) is 0.300. The molecule has 0 radical (unpaired) electrons. The summed E-state index contributed by atoms with van der Waals surface area (Å²) in [5.41, 5.74) is 0.436.